The highest BCUT2D eigenvalue weighted by atomic mass is 15.2. The predicted octanol–water partition coefficient (Wildman–Crippen LogP) is 30.0. The molecule has 140 heavy (non-hydrogen) atoms. The van der Waals surface area contributed by atoms with Gasteiger partial charge in [0.05, 0.1) is 57.4 Å². The molecule has 8 aliphatic carbocycles. The smallest absolute Gasteiger partial charge is 0.141 e. The summed E-state index contributed by atoms with van der Waals surface area (Å²) in [4.78, 5) is 28.7. The molecule has 8 nitrogen and oxygen atoms in total. The first-order valence-electron chi connectivity index (χ1n) is 50.3. The number of hydrogen-bond donors (Lipinski definition) is 0. The van der Waals surface area contributed by atoms with Crippen LogP contribution in [-0.4, -0.2) is 19.9 Å². The van der Waals surface area contributed by atoms with Crippen molar-refractivity contribution < 1.29 is 0 Å². The predicted molar refractivity (Wildman–Crippen MR) is 564 cm³/mol. The first-order chi connectivity index (χ1) is 69.4. The SMILES string of the molecule is c1ccc2c(c1)Cc1c-2ccc2c1-c1c(cc3c4c1Cc1ccccc1N4c1cccnc1C3)C2.c1ccc2c(c1)Cc1c-2ccc2c1-c1c(cc3c4c1Cc1ccccc1N4c1ccncc1C3)C2.c1ccc2c(c1)Cc1c-2ccc2c1-c1c(cc3c4c1Cc1ccccc1N4c1cnccc1C3)C2.c1ccc2c(c1)Cc1c-2ccc2c1-c1c(cc3c4c1Cc1ccccc1N4c1ncccc1C3)C2. The van der Waals surface area contributed by atoms with Crippen molar-refractivity contribution in [2.75, 3.05) is 19.6 Å². The Hall–Kier alpha value is -16.7. The summed E-state index contributed by atoms with van der Waals surface area (Å²) in [5, 5.41) is 0. The Morgan fingerprint density at radius 3 is 0.879 bits per heavy atom. The molecule has 0 atom stereocenters. The normalized spacial score (nSPS) is 14.9. The Balaban J connectivity index is 0.0000000829. The van der Waals surface area contributed by atoms with E-state index in [1.807, 2.05) is 24.8 Å². The van der Waals surface area contributed by atoms with Gasteiger partial charge in [0.2, 0.25) is 0 Å². The van der Waals surface area contributed by atoms with Crippen LogP contribution in [0.5, 0.6) is 0 Å². The van der Waals surface area contributed by atoms with E-state index in [0.717, 1.165) is 109 Å². The van der Waals surface area contributed by atoms with Crippen molar-refractivity contribution in [2.45, 2.75) is 103 Å². The van der Waals surface area contributed by atoms with Crippen LogP contribution in [0.2, 0.25) is 0 Å². The summed E-state index contributed by atoms with van der Waals surface area (Å²) in [5.74, 6) is 1.09. The average Bonchev–Trinajstić information content (AvgIpc) is 1.46. The molecule has 20 aromatic rings. The zero-order chi connectivity index (χ0) is 90.7. The molecule has 0 bridgehead atoms. The summed E-state index contributed by atoms with van der Waals surface area (Å²) in [6, 6.07) is 114. The van der Waals surface area contributed by atoms with Gasteiger partial charge in [0.25, 0.3) is 0 Å². The lowest BCUT2D eigenvalue weighted by molar-refractivity contribution is 0.968. The van der Waals surface area contributed by atoms with E-state index in [0.29, 0.717) is 0 Å². The molecule has 16 aromatic carbocycles. The molecule has 36 rings (SSSR count). The van der Waals surface area contributed by atoms with Crippen LogP contribution in [0.15, 0.2) is 340 Å². The van der Waals surface area contributed by atoms with Crippen LogP contribution in [0.4, 0.5) is 68.4 Å². The Kier molecular flexibility index (Phi) is 15.6. The maximum Gasteiger partial charge on any atom is 0.141 e. The van der Waals surface area contributed by atoms with Crippen molar-refractivity contribution in [3.05, 3.63) is 519 Å². The third-order valence-electron chi connectivity index (χ3n) is 34.3. The molecule has 0 fully saturated rings. The van der Waals surface area contributed by atoms with E-state index in [4.69, 9.17) is 9.97 Å². The molecule has 0 spiro atoms. The van der Waals surface area contributed by atoms with E-state index in [2.05, 4.69) is 345 Å². The lowest BCUT2D eigenvalue weighted by Gasteiger charge is -2.40. The van der Waals surface area contributed by atoms with Crippen LogP contribution in [0.1, 0.15) is 178 Å². The highest BCUT2D eigenvalue weighted by Crippen LogP contribution is 2.65. The van der Waals surface area contributed by atoms with E-state index < -0.39 is 0 Å². The molecule has 8 aliphatic heterocycles. The molecule has 0 N–H and O–H groups in total. The summed E-state index contributed by atoms with van der Waals surface area (Å²) in [6.45, 7) is 0. The van der Waals surface area contributed by atoms with Crippen LogP contribution in [-0.2, 0) is 103 Å². The number of pyridine rings is 4. The van der Waals surface area contributed by atoms with Gasteiger partial charge in [-0.2, -0.15) is 0 Å². The van der Waals surface area contributed by atoms with Gasteiger partial charge in [-0.3, -0.25) is 19.9 Å². The van der Waals surface area contributed by atoms with Crippen LogP contribution in [0.3, 0.4) is 0 Å². The Labute approximate surface area is 812 Å². The molecular weight excluding hydrogens is 1700 g/mol. The standard InChI is InChI=1S/4C33H22N2/c1-3-9-25-19(6-1)17-27-26(25)12-11-21-14-23-16-24-15-22-8-5-13-34-33(22)35-29-10-4-2-7-20(29)18-28(32(24)35)31(23)30(21)27;1-3-8-24-19(6-1)16-26-25(24)12-11-21-14-22-15-23-18-28-30(10-5-13-34-28)35-29-9-4-2-7-20(29)17-27(33(23)35)32(22)31(21)26;1-3-7-25-19(5-1)16-27-26(25)10-9-22-14-23-15-24-13-21-11-12-34-18-30(21)35-29-8-4-2-6-20(29)17-28(33(24)35)32(23)31(22)27;1-3-7-25-19(5-1)16-27-26(25)10-9-21-13-22-14-23-15-24-18-34-12-11-30(24)35-29-8-4-2-6-20(29)17-28(33(23)35)32(22)31(21)27/h1-13,16H,14-15,17-18H2;1-13,15H,14,16-18H2;1-12,15,18H,13-14,16-17H2;1-12,14,18H,13,15-17H2. The van der Waals surface area contributed by atoms with Crippen molar-refractivity contribution >= 4 is 68.4 Å². The number of benzene rings is 16. The molecular formula is C132H88N8. The Bertz CT molecular complexity index is 8040. The molecule has 8 heteroatoms. The number of nitrogens with zero attached hydrogens (tertiary/aromatic N) is 8. The van der Waals surface area contributed by atoms with Gasteiger partial charge in [-0.25, -0.2) is 4.98 Å². The summed E-state index contributed by atoms with van der Waals surface area (Å²) in [7, 11) is 0. The van der Waals surface area contributed by atoms with E-state index >= 15 is 0 Å². The van der Waals surface area contributed by atoms with Crippen molar-refractivity contribution in [1.82, 2.24) is 19.9 Å². The summed E-state index contributed by atoms with van der Waals surface area (Å²) in [6.07, 6.45) is 27.9. The van der Waals surface area contributed by atoms with Gasteiger partial charge in [0.1, 0.15) is 5.82 Å². The van der Waals surface area contributed by atoms with Gasteiger partial charge in [0.15, 0.2) is 0 Å². The molecule has 4 aromatic heterocycles. The highest BCUT2D eigenvalue weighted by Gasteiger charge is 2.46. The second kappa shape index (κ2) is 28.5. The maximum atomic E-state index is 4.89. The van der Waals surface area contributed by atoms with Gasteiger partial charge < -0.3 is 14.7 Å². The van der Waals surface area contributed by atoms with Crippen molar-refractivity contribution in [3.8, 4) is 89.0 Å². The topological polar surface area (TPSA) is 64.5 Å². The number of aromatic nitrogens is 4. The van der Waals surface area contributed by atoms with E-state index in [-0.39, 0.29) is 0 Å². The zero-order valence-corrected chi connectivity index (χ0v) is 77.2. The summed E-state index contributed by atoms with van der Waals surface area (Å²) < 4.78 is 0. The average molecular weight is 1790 g/mol. The van der Waals surface area contributed by atoms with Gasteiger partial charge in [0, 0.05) is 99.4 Å². The fourth-order valence-electron chi connectivity index (χ4n) is 28.9. The van der Waals surface area contributed by atoms with Gasteiger partial charge in [-0.05, 0) is 367 Å². The zero-order valence-electron chi connectivity index (χ0n) is 77.2. The van der Waals surface area contributed by atoms with Crippen LogP contribution in [0.25, 0.3) is 89.0 Å². The third-order valence-corrected chi connectivity index (χ3v) is 34.3. The molecule has 0 unspecified atom stereocenters. The quantitative estimate of drug-likeness (QED) is 0.149. The number of hydrogen-bond acceptors (Lipinski definition) is 8. The fourth-order valence-corrected chi connectivity index (χ4v) is 28.9. The molecule has 0 saturated heterocycles. The number of para-hydroxylation sites is 4. The number of anilines is 12. The number of fused-ring (bicyclic) bond motifs is 48. The Morgan fingerprint density at radius 2 is 0.443 bits per heavy atom. The largest absolute Gasteiger partial charge is 0.309 e. The minimum absolute atomic E-state index is 0.907. The van der Waals surface area contributed by atoms with Crippen molar-refractivity contribution in [3.63, 3.8) is 0 Å². The fraction of sp³-hybridized carbons (Fsp3) is 0.121. The van der Waals surface area contributed by atoms with Gasteiger partial charge in [-0.1, -0.05) is 249 Å². The second-order valence-corrected chi connectivity index (χ2v) is 41.4. The molecule has 12 heterocycles. The lowest BCUT2D eigenvalue weighted by Crippen LogP contribution is -2.26. The monoisotopic (exact) mass is 1780 g/mol. The minimum atomic E-state index is 0.907. The summed E-state index contributed by atoms with van der Waals surface area (Å²) >= 11 is 0. The van der Waals surface area contributed by atoms with Crippen LogP contribution < -0.4 is 19.6 Å². The summed E-state index contributed by atoms with van der Waals surface area (Å²) in [5.41, 5.74) is 84.6. The van der Waals surface area contributed by atoms with E-state index in [9.17, 15) is 0 Å². The minimum Gasteiger partial charge on any atom is -0.309 e. The number of rotatable bonds is 0. The van der Waals surface area contributed by atoms with Gasteiger partial charge >= 0.3 is 0 Å². The van der Waals surface area contributed by atoms with Crippen molar-refractivity contribution in [2.24, 2.45) is 0 Å². The second-order valence-electron chi connectivity index (χ2n) is 41.4. The molecule has 16 aliphatic rings. The lowest BCUT2D eigenvalue weighted by atomic mass is 9.81. The van der Waals surface area contributed by atoms with Crippen molar-refractivity contribution in [1.29, 1.82) is 0 Å². The van der Waals surface area contributed by atoms with Crippen LogP contribution >= 0.6 is 0 Å². The first-order valence-corrected chi connectivity index (χ1v) is 50.3. The molecule has 0 radical (unpaired) electrons. The molecule has 656 valence electrons. The molecule has 0 saturated carbocycles. The van der Waals surface area contributed by atoms with Gasteiger partial charge in [-0.15, -0.1) is 0 Å². The third kappa shape index (κ3) is 10.6. The first kappa shape index (κ1) is 76.5. The van der Waals surface area contributed by atoms with E-state index in [1.165, 1.54) is 330 Å². The van der Waals surface area contributed by atoms with Crippen LogP contribution in [0, 0.1) is 0 Å². The molecule has 0 amide bonds. The highest BCUT2D eigenvalue weighted by molar-refractivity contribution is 6.05. The maximum absolute atomic E-state index is 4.89. The van der Waals surface area contributed by atoms with E-state index in [1.54, 1.807) is 0 Å². The Morgan fingerprint density at radius 1 is 0.157 bits per heavy atom.